The van der Waals surface area contributed by atoms with Gasteiger partial charge >= 0.3 is 5.97 Å². The molecule has 34 heavy (non-hydrogen) atoms. The first kappa shape index (κ1) is 23.6. The van der Waals surface area contributed by atoms with E-state index in [0.717, 1.165) is 4.90 Å². The highest BCUT2D eigenvalue weighted by molar-refractivity contribution is 6.22. The number of rotatable bonds is 6. The second-order valence-electron chi connectivity index (χ2n) is 8.33. The van der Waals surface area contributed by atoms with E-state index in [2.05, 4.69) is 5.32 Å². The second kappa shape index (κ2) is 10.1. The molecule has 2 heterocycles. The van der Waals surface area contributed by atoms with E-state index >= 15 is 0 Å². The lowest BCUT2D eigenvalue weighted by Gasteiger charge is -2.33. The summed E-state index contributed by atoms with van der Waals surface area (Å²) in [6.45, 7) is 2.92. The summed E-state index contributed by atoms with van der Waals surface area (Å²) in [5.41, 5.74) is 1.06. The standard InChI is InChI=1S/C25H26FN3O5/c1-2-34-25(33)16-6-8-20(9-7-16)29-22(30)15-21(24(29)32)27-19-10-12-28(13-11-19)23(31)17-4-3-5-18(26)14-17/h3-9,14,19,21,27H,2,10-13,15H2,1H3/t21-/m0/s1. The maximum Gasteiger partial charge on any atom is 0.338 e. The van der Waals surface area contributed by atoms with Gasteiger partial charge in [-0.1, -0.05) is 6.07 Å². The van der Waals surface area contributed by atoms with E-state index in [1.54, 1.807) is 30.0 Å². The lowest BCUT2D eigenvalue weighted by Crippen LogP contribution is -2.49. The Morgan fingerprint density at radius 1 is 1.06 bits per heavy atom. The van der Waals surface area contributed by atoms with Crippen molar-refractivity contribution in [3.05, 3.63) is 65.5 Å². The van der Waals surface area contributed by atoms with Gasteiger partial charge in [0.1, 0.15) is 5.82 Å². The van der Waals surface area contributed by atoms with Crippen molar-refractivity contribution in [2.75, 3.05) is 24.6 Å². The number of hydrogen-bond acceptors (Lipinski definition) is 6. The molecule has 3 amide bonds. The largest absolute Gasteiger partial charge is 0.462 e. The summed E-state index contributed by atoms with van der Waals surface area (Å²) in [5.74, 6) is -1.79. The average Bonchev–Trinajstić information content (AvgIpc) is 3.12. The number of esters is 1. The molecule has 2 aliphatic rings. The van der Waals surface area contributed by atoms with E-state index < -0.39 is 17.8 Å². The minimum absolute atomic E-state index is 0.0237. The maximum absolute atomic E-state index is 13.4. The number of nitrogens with one attached hydrogen (secondary N) is 1. The van der Waals surface area contributed by atoms with Gasteiger partial charge < -0.3 is 15.0 Å². The molecular weight excluding hydrogens is 441 g/mol. The van der Waals surface area contributed by atoms with Crippen molar-refractivity contribution in [3.63, 3.8) is 0 Å². The van der Waals surface area contributed by atoms with Crippen molar-refractivity contribution in [3.8, 4) is 0 Å². The van der Waals surface area contributed by atoms with Gasteiger partial charge in [0.05, 0.1) is 30.3 Å². The maximum atomic E-state index is 13.4. The van der Waals surface area contributed by atoms with Crippen LogP contribution in [0.3, 0.4) is 0 Å². The van der Waals surface area contributed by atoms with E-state index in [4.69, 9.17) is 4.74 Å². The molecule has 178 valence electrons. The molecule has 4 rings (SSSR count). The summed E-state index contributed by atoms with van der Waals surface area (Å²) < 4.78 is 18.4. The fourth-order valence-corrected chi connectivity index (χ4v) is 4.33. The predicted molar refractivity (Wildman–Crippen MR) is 122 cm³/mol. The molecule has 2 aromatic carbocycles. The van der Waals surface area contributed by atoms with Crippen molar-refractivity contribution in [2.24, 2.45) is 0 Å². The van der Waals surface area contributed by atoms with Gasteiger partial charge in [-0.3, -0.25) is 14.4 Å². The third-order valence-corrected chi connectivity index (χ3v) is 6.07. The van der Waals surface area contributed by atoms with Gasteiger partial charge in [-0.25, -0.2) is 14.1 Å². The Kier molecular flexibility index (Phi) is 7.02. The van der Waals surface area contributed by atoms with E-state index in [-0.39, 0.29) is 36.8 Å². The summed E-state index contributed by atoms with van der Waals surface area (Å²) in [5, 5.41) is 3.27. The Balaban J connectivity index is 1.33. The smallest absolute Gasteiger partial charge is 0.338 e. The van der Waals surface area contributed by atoms with Crippen LogP contribution in [0.1, 0.15) is 46.9 Å². The van der Waals surface area contributed by atoms with Crippen LogP contribution in [0.2, 0.25) is 0 Å². The quantitative estimate of drug-likeness (QED) is 0.518. The summed E-state index contributed by atoms with van der Waals surface area (Å²) >= 11 is 0. The van der Waals surface area contributed by atoms with Crippen LogP contribution in [0, 0.1) is 5.82 Å². The zero-order chi connectivity index (χ0) is 24.2. The number of ether oxygens (including phenoxy) is 1. The van der Waals surface area contributed by atoms with Gasteiger partial charge in [-0.05, 0) is 62.2 Å². The molecule has 2 aliphatic heterocycles. The SMILES string of the molecule is CCOC(=O)c1ccc(N2C(=O)C[C@H](NC3CCN(C(=O)c4cccc(F)c4)CC3)C2=O)cc1. The van der Waals surface area contributed by atoms with E-state index in [1.807, 2.05) is 0 Å². The number of piperidine rings is 1. The number of hydrogen-bond donors (Lipinski definition) is 1. The van der Waals surface area contributed by atoms with Crippen LogP contribution >= 0.6 is 0 Å². The monoisotopic (exact) mass is 467 g/mol. The number of halogens is 1. The molecule has 0 unspecified atom stereocenters. The molecule has 0 radical (unpaired) electrons. The number of nitrogens with zero attached hydrogens (tertiary/aromatic N) is 2. The number of anilines is 1. The van der Waals surface area contributed by atoms with Crippen molar-refractivity contribution < 1.29 is 28.3 Å². The van der Waals surface area contributed by atoms with Gasteiger partial charge in [0.15, 0.2) is 0 Å². The summed E-state index contributed by atoms with van der Waals surface area (Å²) in [4.78, 5) is 52.8. The zero-order valence-corrected chi connectivity index (χ0v) is 18.8. The first-order valence-electron chi connectivity index (χ1n) is 11.3. The van der Waals surface area contributed by atoms with Gasteiger partial charge in [0.2, 0.25) is 5.91 Å². The highest BCUT2D eigenvalue weighted by Gasteiger charge is 2.41. The Morgan fingerprint density at radius 2 is 1.76 bits per heavy atom. The molecule has 0 aromatic heterocycles. The molecule has 9 heteroatoms. The number of carbonyl (C=O) groups is 4. The van der Waals surface area contributed by atoms with Crippen LogP contribution in [0.4, 0.5) is 10.1 Å². The lowest BCUT2D eigenvalue weighted by atomic mass is 10.0. The van der Waals surface area contributed by atoms with Crippen molar-refractivity contribution in [2.45, 2.75) is 38.3 Å². The van der Waals surface area contributed by atoms with E-state index in [9.17, 15) is 23.6 Å². The van der Waals surface area contributed by atoms with Gasteiger partial charge in [0.25, 0.3) is 11.8 Å². The highest BCUT2D eigenvalue weighted by atomic mass is 19.1. The average molecular weight is 467 g/mol. The fraction of sp³-hybridized carbons (Fsp3) is 0.360. The molecule has 0 aliphatic carbocycles. The van der Waals surface area contributed by atoms with Crippen LogP contribution in [0.25, 0.3) is 0 Å². The number of imide groups is 1. The van der Waals surface area contributed by atoms with Crippen molar-refractivity contribution in [1.29, 1.82) is 0 Å². The Morgan fingerprint density at radius 3 is 2.41 bits per heavy atom. The summed E-state index contributed by atoms with van der Waals surface area (Å²) in [6, 6.07) is 11.1. The molecule has 0 saturated carbocycles. The molecule has 8 nitrogen and oxygen atoms in total. The summed E-state index contributed by atoms with van der Waals surface area (Å²) in [7, 11) is 0. The topological polar surface area (TPSA) is 96.0 Å². The number of amides is 3. The van der Waals surface area contributed by atoms with Gasteiger partial charge in [-0.15, -0.1) is 0 Å². The highest BCUT2D eigenvalue weighted by Crippen LogP contribution is 2.25. The van der Waals surface area contributed by atoms with E-state index in [1.165, 1.54) is 30.3 Å². The Hall–Kier alpha value is -3.59. The molecule has 1 atom stereocenters. The molecule has 2 aromatic rings. The first-order chi connectivity index (χ1) is 16.4. The van der Waals surface area contributed by atoms with Crippen LogP contribution in [0.15, 0.2) is 48.5 Å². The molecule has 1 N–H and O–H groups in total. The van der Waals surface area contributed by atoms with Crippen LogP contribution in [-0.2, 0) is 14.3 Å². The minimum atomic E-state index is -0.646. The van der Waals surface area contributed by atoms with Gasteiger partial charge in [-0.2, -0.15) is 0 Å². The third kappa shape index (κ3) is 4.99. The normalized spacial score (nSPS) is 18.9. The zero-order valence-electron chi connectivity index (χ0n) is 18.8. The molecule has 2 saturated heterocycles. The second-order valence-corrected chi connectivity index (χ2v) is 8.33. The van der Waals surface area contributed by atoms with Gasteiger partial charge in [0, 0.05) is 24.7 Å². The Bertz CT molecular complexity index is 1100. The van der Waals surface area contributed by atoms with Crippen LogP contribution in [0.5, 0.6) is 0 Å². The Labute approximate surface area is 196 Å². The molecule has 2 fully saturated rings. The molecule has 0 bridgehead atoms. The van der Waals surface area contributed by atoms with Crippen molar-refractivity contribution in [1.82, 2.24) is 10.2 Å². The third-order valence-electron chi connectivity index (χ3n) is 6.07. The number of benzene rings is 2. The number of likely N-dealkylation sites (tertiary alicyclic amines) is 1. The fourth-order valence-electron chi connectivity index (χ4n) is 4.33. The minimum Gasteiger partial charge on any atom is -0.462 e. The molecular formula is C25H26FN3O5. The van der Waals surface area contributed by atoms with Crippen molar-refractivity contribution >= 4 is 29.4 Å². The van der Waals surface area contributed by atoms with E-state index in [0.29, 0.717) is 42.7 Å². The van der Waals surface area contributed by atoms with Crippen LogP contribution < -0.4 is 10.2 Å². The first-order valence-corrected chi connectivity index (χ1v) is 11.3. The predicted octanol–water partition coefficient (Wildman–Crippen LogP) is 2.53. The van der Waals surface area contributed by atoms with Crippen LogP contribution in [-0.4, -0.2) is 60.4 Å². The molecule has 0 spiro atoms. The number of carbonyl (C=O) groups excluding carboxylic acids is 4. The summed E-state index contributed by atoms with van der Waals surface area (Å²) in [6.07, 6.45) is 1.28. The lowest BCUT2D eigenvalue weighted by molar-refractivity contribution is -0.121.